The number of aromatic nitrogens is 2. The van der Waals surface area contributed by atoms with E-state index in [4.69, 9.17) is 5.11 Å². The van der Waals surface area contributed by atoms with Gasteiger partial charge in [-0.1, -0.05) is 0 Å². The summed E-state index contributed by atoms with van der Waals surface area (Å²) >= 11 is 0. The number of carbonyl (C=O) groups is 1. The number of β-amino-alcohol motifs (C(OH)–C–C–N with tert-alkyl or cyclic N) is 1. The number of aryl methyl sites for hydroxylation is 1. The Labute approximate surface area is 135 Å². The van der Waals surface area contributed by atoms with Crippen LogP contribution in [0, 0.1) is 6.92 Å². The first-order valence-corrected chi connectivity index (χ1v) is 7.91. The number of amides is 1. The lowest BCUT2D eigenvalue weighted by atomic mass is 10.1. The van der Waals surface area contributed by atoms with Crippen LogP contribution in [0.1, 0.15) is 15.9 Å². The van der Waals surface area contributed by atoms with Crippen LogP contribution < -0.4 is 0 Å². The van der Waals surface area contributed by atoms with Crippen molar-refractivity contribution < 1.29 is 9.90 Å². The molecule has 1 fully saturated rings. The van der Waals surface area contributed by atoms with E-state index in [1.807, 2.05) is 48.5 Å². The van der Waals surface area contributed by atoms with Crippen molar-refractivity contribution in [3.8, 4) is 5.69 Å². The summed E-state index contributed by atoms with van der Waals surface area (Å²) in [7, 11) is 0. The van der Waals surface area contributed by atoms with Gasteiger partial charge in [0.05, 0.1) is 18.5 Å². The van der Waals surface area contributed by atoms with Crippen LogP contribution in [0.3, 0.4) is 0 Å². The van der Waals surface area contributed by atoms with Crippen LogP contribution >= 0.6 is 0 Å². The number of aliphatic hydroxyl groups excluding tert-OH is 1. The van der Waals surface area contributed by atoms with Gasteiger partial charge < -0.3 is 10.0 Å². The summed E-state index contributed by atoms with van der Waals surface area (Å²) in [6, 6.07) is 7.55. The molecule has 122 valence electrons. The van der Waals surface area contributed by atoms with E-state index in [2.05, 4.69) is 10.00 Å². The molecular weight excluding hydrogens is 292 g/mol. The Bertz CT molecular complexity index is 657. The first-order chi connectivity index (χ1) is 11.2. The smallest absolute Gasteiger partial charge is 0.253 e. The molecule has 1 amide bonds. The molecule has 1 aromatic heterocycles. The molecule has 0 saturated carbocycles. The van der Waals surface area contributed by atoms with Gasteiger partial charge >= 0.3 is 0 Å². The average Bonchev–Trinajstić information content (AvgIpc) is 3.02. The van der Waals surface area contributed by atoms with Crippen LogP contribution in [-0.4, -0.2) is 69.9 Å². The van der Waals surface area contributed by atoms with E-state index in [1.54, 1.807) is 4.68 Å². The first kappa shape index (κ1) is 15.7. The molecule has 0 bridgehead atoms. The van der Waals surface area contributed by atoms with Crippen molar-refractivity contribution in [1.82, 2.24) is 19.6 Å². The van der Waals surface area contributed by atoms with Gasteiger partial charge in [-0.05, 0) is 36.8 Å². The molecule has 0 aliphatic carbocycles. The Morgan fingerprint density at radius 3 is 2.43 bits per heavy atom. The number of hydrogen-bond donors (Lipinski definition) is 1. The molecule has 2 aromatic rings. The normalized spacial score (nSPS) is 15.8. The Morgan fingerprint density at radius 1 is 1.17 bits per heavy atom. The van der Waals surface area contributed by atoms with E-state index in [0.717, 1.165) is 24.3 Å². The quantitative estimate of drug-likeness (QED) is 0.912. The van der Waals surface area contributed by atoms with Gasteiger partial charge in [0.15, 0.2) is 0 Å². The molecule has 3 rings (SSSR count). The van der Waals surface area contributed by atoms with Gasteiger partial charge in [-0.3, -0.25) is 9.69 Å². The van der Waals surface area contributed by atoms with E-state index in [0.29, 0.717) is 25.2 Å². The van der Waals surface area contributed by atoms with Gasteiger partial charge in [-0.15, -0.1) is 0 Å². The third-order valence-electron chi connectivity index (χ3n) is 4.17. The Morgan fingerprint density at radius 2 is 1.87 bits per heavy atom. The minimum atomic E-state index is 0.0665. The van der Waals surface area contributed by atoms with E-state index < -0.39 is 0 Å². The molecule has 0 atom stereocenters. The summed E-state index contributed by atoms with van der Waals surface area (Å²) in [4.78, 5) is 16.6. The van der Waals surface area contributed by atoms with E-state index in [-0.39, 0.29) is 12.5 Å². The molecule has 1 N–H and O–H groups in total. The van der Waals surface area contributed by atoms with Crippen LogP contribution in [0.15, 0.2) is 36.7 Å². The Balaban J connectivity index is 1.64. The van der Waals surface area contributed by atoms with Crippen molar-refractivity contribution in [3.05, 3.63) is 47.8 Å². The van der Waals surface area contributed by atoms with Crippen LogP contribution in [0.5, 0.6) is 0 Å². The van der Waals surface area contributed by atoms with Crippen molar-refractivity contribution in [2.75, 3.05) is 39.3 Å². The number of rotatable bonds is 4. The van der Waals surface area contributed by atoms with Crippen molar-refractivity contribution in [1.29, 1.82) is 0 Å². The van der Waals surface area contributed by atoms with Gasteiger partial charge in [-0.25, -0.2) is 4.68 Å². The van der Waals surface area contributed by atoms with Crippen LogP contribution in [0.2, 0.25) is 0 Å². The molecule has 1 aromatic carbocycles. The highest BCUT2D eigenvalue weighted by Crippen LogP contribution is 2.13. The second-order valence-corrected chi connectivity index (χ2v) is 5.87. The third kappa shape index (κ3) is 3.60. The second kappa shape index (κ2) is 6.93. The lowest BCUT2D eigenvalue weighted by Gasteiger charge is -2.34. The lowest BCUT2D eigenvalue weighted by molar-refractivity contribution is 0.0615. The average molecular weight is 314 g/mol. The molecule has 6 heteroatoms. The monoisotopic (exact) mass is 314 g/mol. The highest BCUT2D eigenvalue weighted by atomic mass is 16.3. The summed E-state index contributed by atoms with van der Waals surface area (Å²) in [6.07, 6.45) is 3.77. The summed E-state index contributed by atoms with van der Waals surface area (Å²) in [5, 5.41) is 13.2. The number of hydrogen-bond acceptors (Lipinski definition) is 4. The lowest BCUT2D eigenvalue weighted by Crippen LogP contribution is -2.49. The van der Waals surface area contributed by atoms with Gasteiger partial charge in [-0.2, -0.15) is 5.10 Å². The molecule has 2 heterocycles. The van der Waals surface area contributed by atoms with Crippen LogP contribution in [-0.2, 0) is 0 Å². The van der Waals surface area contributed by atoms with Crippen molar-refractivity contribution in [2.24, 2.45) is 0 Å². The maximum absolute atomic E-state index is 12.6. The minimum absolute atomic E-state index is 0.0665. The third-order valence-corrected chi connectivity index (χ3v) is 4.17. The molecule has 23 heavy (non-hydrogen) atoms. The summed E-state index contributed by atoms with van der Waals surface area (Å²) in [5.74, 6) is 0.0665. The molecule has 6 nitrogen and oxygen atoms in total. The number of nitrogens with zero attached hydrogens (tertiary/aromatic N) is 4. The fourth-order valence-corrected chi connectivity index (χ4v) is 2.81. The zero-order chi connectivity index (χ0) is 16.2. The number of carbonyl (C=O) groups excluding carboxylic acids is 1. The molecule has 1 saturated heterocycles. The largest absolute Gasteiger partial charge is 0.395 e. The zero-order valence-corrected chi connectivity index (χ0v) is 13.4. The van der Waals surface area contributed by atoms with Crippen LogP contribution in [0.25, 0.3) is 5.69 Å². The maximum atomic E-state index is 12.6. The second-order valence-electron chi connectivity index (χ2n) is 5.87. The van der Waals surface area contributed by atoms with Crippen molar-refractivity contribution in [2.45, 2.75) is 6.92 Å². The van der Waals surface area contributed by atoms with Crippen molar-refractivity contribution >= 4 is 5.91 Å². The predicted molar refractivity (Wildman–Crippen MR) is 87.7 cm³/mol. The summed E-state index contributed by atoms with van der Waals surface area (Å²) in [6.45, 7) is 5.89. The molecule has 1 aliphatic heterocycles. The van der Waals surface area contributed by atoms with Crippen molar-refractivity contribution in [3.63, 3.8) is 0 Å². The highest BCUT2D eigenvalue weighted by molar-refractivity contribution is 5.94. The number of aliphatic hydroxyl groups is 1. The maximum Gasteiger partial charge on any atom is 0.253 e. The fraction of sp³-hybridized carbons (Fsp3) is 0.412. The van der Waals surface area contributed by atoms with Gasteiger partial charge in [0.25, 0.3) is 5.91 Å². The van der Waals surface area contributed by atoms with Gasteiger partial charge in [0.1, 0.15) is 0 Å². The van der Waals surface area contributed by atoms with Crippen LogP contribution in [0.4, 0.5) is 0 Å². The standard InChI is InChI=1S/C17H22N4O2/c1-14-12-18-21(13-14)16-4-2-15(3-5-16)17(23)20-8-6-19(7-9-20)10-11-22/h2-5,12-13,22H,6-11H2,1H3. The number of benzene rings is 1. The van der Waals surface area contributed by atoms with Gasteiger partial charge in [0.2, 0.25) is 0 Å². The summed E-state index contributed by atoms with van der Waals surface area (Å²) < 4.78 is 1.80. The molecule has 0 radical (unpaired) electrons. The molecule has 0 spiro atoms. The molecule has 1 aliphatic rings. The molecular formula is C17H22N4O2. The van der Waals surface area contributed by atoms with E-state index in [1.165, 1.54) is 0 Å². The first-order valence-electron chi connectivity index (χ1n) is 7.91. The number of piperazine rings is 1. The Hall–Kier alpha value is -2.18. The highest BCUT2D eigenvalue weighted by Gasteiger charge is 2.21. The Kier molecular flexibility index (Phi) is 4.73. The fourth-order valence-electron chi connectivity index (χ4n) is 2.81. The van der Waals surface area contributed by atoms with Gasteiger partial charge in [0, 0.05) is 44.5 Å². The zero-order valence-electron chi connectivity index (χ0n) is 13.4. The van der Waals surface area contributed by atoms with E-state index >= 15 is 0 Å². The SMILES string of the molecule is Cc1cnn(-c2ccc(C(=O)N3CCN(CCO)CC3)cc2)c1. The minimum Gasteiger partial charge on any atom is -0.395 e. The molecule has 0 unspecified atom stereocenters. The predicted octanol–water partition coefficient (Wildman–Crippen LogP) is 0.931. The topological polar surface area (TPSA) is 61.6 Å². The van der Waals surface area contributed by atoms with E-state index in [9.17, 15) is 4.79 Å². The summed E-state index contributed by atoms with van der Waals surface area (Å²) in [5.41, 5.74) is 2.75.